The summed E-state index contributed by atoms with van der Waals surface area (Å²) in [5.41, 5.74) is 0.940. The Balaban J connectivity index is 1.69. The summed E-state index contributed by atoms with van der Waals surface area (Å²) < 4.78 is 53.0. The van der Waals surface area contributed by atoms with Crippen LogP contribution < -0.4 is 5.32 Å². The second-order valence-corrected chi connectivity index (χ2v) is 5.67. The van der Waals surface area contributed by atoms with Crippen LogP contribution in [0.2, 0.25) is 0 Å². The number of alkyl halides is 3. The number of nitrogens with zero attached hydrogens (tertiary/aromatic N) is 3. The van der Waals surface area contributed by atoms with Crippen LogP contribution in [-0.2, 0) is 12.7 Å². The number of imidazole rings is 1. The lowest BCUT2D eigenvalue weighted by molar-refractivity contribution is -0.134. The van der Waals surface area contributed by atoms with Gasteiger partial charge in [0.1, 0.15) is 10.7 Å². The first kappa shape index (κ1) is 15.5. The van der Waals surface area contributed by atoms with E-state index in [0.29, 0.717) is 22.6 Å². The maximum absolute atomic E-state index is 14.1. The molecule has 0 aliphatic carbocycles. The van der Waals surface area contributed by atoms with E-state index in [1.54, 1.807) is 18.3 Å². The van der Waals surface area contributed by atoms with Crippen LogP contribution in [0.4, 0.5) is 22.7 Å². The highest BCUT2D eigenvalue weighted by Gasteiger charge is 2.33. The molecule has 0 atom stereocenters. The van der Waals surface area contributed by atoms with Gasteiger partial charge < -0.3 is 9.88 Å². The Bertz CT molecular complexity index is 795. The van der Waals surface area contributed by atoms with Gasteiger partial charge in [-0.1, -0.05) is 17.4 Å². The lowest BCUT2D eigenvalue weighted by Gasteiger charge is -2.07. The van der Waals surface area contributed by atoms with Gasteiger partial charge in [-0.2, -0.15) is 13.2 Å². The van der Waals surface area contributed by atoms with Crippen molar-refractivity contribution in [3.8, 4) is 5.69 Å². The van der Waals surface area contributed by atoms with Crippen LogP contribution in [0.5, 0.6) is 0 Å². The summed E-state index contributed by atoms with van der Waals surface area (Å²) in [7, 11) is 0. The average molecular weight is 342 g/mol. The van der Waals surface area contributed by atoms with Gasteiger partial charge in [0.15, 0.2) is 5.13 Å². The van der Waals surface area contributed by atoms with Gasteiger partial charge in [0.25, 0.3) is 0 Å². The summed E-state index contributed by atoms with van der Waals surface area (Å²) in [6, 6.07) is 4.58. The van der Waals surface area contributed by atoms with Gasteiger partial charge in [-0.25, -0.2) is 14.4 Å². The lowest BCUT2D eigenvalue weighted by Crippen LogP contribution is -2.02. The highest BCUT2D eigenvalue weighted by molar-refractivity contribution is 7.15. The molecule has 0 spiro atoms. The molecule has 0 aliphatic rings. The van der Waals surface area contributed by atoms with E-state index in [2.05, 4.69) is 15.3 Å². The summed E-state index contributed by atoms with van der Waals surface area (Å²) in [6.45, 7) is 0.173. The third-order valence-electron chi connectivity index (χ3n) is 3.02. The zero-order valence-electron chi connectivity index (χ0n) is 11.5. The largest absolute Gasteiger partial charge is 0.427 e. The number of halogens is 4. The molecule has 0 saturated heterocycles. The second kappa shape index (κ2) is 5.99. The van der Waals surface area contributed by atoms with Gasteiger partial charge in [0, 0.05) is 18.9 Å². The Morgan fingerprint density at radius 1 is 1.26 bits per heavy atom. The monoisotopic (exact) mass is 342 g/mol. The van der Waals surface area contributed by atoms with Gasteiger partial charge in [-0.3, -0.25) is 0 Å². The predicted molar refractivity (Wildman–Crippen MR) is 78.0 cm³/mol. The number of rotatable bonds is 4. The minimum Gasteiger partial charge on any atom is -0.357 e. The third-order valence-corrected chi connectivity index (χ3v) is 4.02. The molecule has 23 heavy (non-hydrogen) atoms. The molecule has 120 valence electrons. The van der Waals surface area contributed by atoms with Crippen molar-refractivity contribution in [3.05, 3.63) is 59.4 Å². The summed E-state index contributed by atoms with van der Waals surface area (Å²) in [5.74, 6) is -0.447. The minimum absolute atomic E-state index is 0.136. The van der Waals surface area contributed by atoms with Crippen LogP contribution in [0.1, 0.15) is 10.4 Å². The van der Waals surface area contributed by atoms with E-state index in [4.69, 9.17) is 0 Å². The molecule has 0 fully saturated rings. The molecule has 0 radical (unpaired) electrons. The fourth-order valence-electron chi connectivity index (χ4n) is 1.94. The summed E-state index contributed by atoms with van der Waals surface area (Å²) in [6.07, 6.45) is 0.997. The van der Waals surface area contributed by atoms with Crippen LogP contribution in [0.15, 0.2) is 43.1 Å². The van der Waals surface area contributed by atoms with Crippen LogP contribution in [0.3, 0.4) is 0 Å². The number of hydrogen-bond acceptors (Lipinski definition) is 4. The molecule has 2 aromatic heterocycles. The Morgan fingerprint density at radius 3 is 2.70 bits per heavy atom. The lowest BCUT2D eigenvalue weighted by atomic mass is 10.2. The number of aromatic nitrogens is 3. The van der Waals surface area contributed by atoms with Gasteiger partial charge in [-0.15, -0.1) is 0 Å². The van der Waals surface area contributed by atoms with E-state index in [1.807, 2.05) is 0 Å². The van der Waals surface area contributed by atoms with E-state index in [0.717, 1.165) is 6.20 Å². The topological polar surface area (TPSA) is 42.7 Å². The normalized spacial score (nSPS) is 11.7. The van der Waals surface area contributed by atoms with Crippen LogP contribution >= 0.6 is 11.3 Å². The van der Waals surface area contributed by atoms with Crippen molar-refractivity contribution in [2.75, 3.05) is 5.32 Å². The smallest absolute Gasteiger partial charge is 0.357 e. The summed E-state index contributed by atoms with van der Waals surface area (Å²) in [5, 5.41) is 2.89. The zero-order chi connectivity index (χ0) is 16.4. The second-order valence-electron chi connectivity index (χ2n) is 4.64. The maximum atomic E-state index is 14.1. The highest BCUT2D eigenvalue weighted by atomic mass is 32.1. The number of benzene rings is 1. The molecule has 9 heteroatoms. The molecule has 3 aromatic rings. The maximum Gasteiger partial charge on any atom is 0.427 e. The summed E-state index contributed by atoms with van der Waals surface area (Å²) in [4.78, 5) is 6.73. The first-order valence-electron chi connectivity index (χ1n) is 6.47. The van der Waals surface area contributed by atoms with Crippen molar-refractivity contribution in [2.45, 2.75) is 12.7 Å². The number of hydrogen-bond donors (Lipinski definition) is 1. The van der Waals surface area contributed by atoms with Crippen LogP contribution in [0, 0.1) is 5.82 Å². The number of nitrogens with one attached hydrogen (secondary N) is 1. The Kier molecular flexibility index (Phi) is 4.03. The Morgan fingerprint density at radius 2 is 2.09 bits per heavy atom. The van der Waals surface area contributed by atoms with E-state index in [9.17, 15) is 17.6 Å². The minimum atomic E-state index is -4.41. The molecule has 1 N–H and O–H groups in total. The van der Waals surface area contributed by atoms with Crippen molar-refractivity contribution in [1.29, 1.82) is 0 Å². The molecule has 4 nitrogen and oxygen atoms in total. The highest BCUT2D eigenvalue weighted by Crippen LogP contribution is 2.35. The Labute approximate surface area is 132 Å². The van der Waals surface area contributed by atoms with Crippen LogP contribution in [0.25, 0.3) is 5.69 Å². The molecule has 0 saturated carbocycles. The standard InChI is InChI=1S/C14H10F4N4S/c15-10-5-9(1-2-11(10)22-4-3-19-8-22)6-20-13-21-7-12(23-13)14(16,17)18/h1-5,7-8H,6H2,(H,20,21). The quantitative estimate of drug-likeness (QED) is 0.726. The van der Waals surface area contributed by atoms with Gasteiger partial charge >= 0.3 is 6.18 Å². The zero-order valence-corrected chi connectivity index (χ0v) is 12.3. The molecule has 0 aliphatic heterocycles. The van der Waals surface area contributed by atoms with E-state index in [1.165, 1.54) is 23.2 Å². The van der Waals surface area contributed by atoms with Crippen LogP contribution in [-0.4, -0.2) is 14.5 Å². The molecular formula is C14H10F4N4S. The van der Waals surface area contributed by atoms with Crippen molar-refractivity contribution < 1.29 is 17.6 Å². The number of anilines is 1. The van der Waals surface area contributed by atoms with E-state index < -0.39 is 16.9 Å². The SMILES string of the molecule is Fc1cc(CNc2ncc(C(F)(F)F)s2)ccc1-n1ccnc1. The van der Waals surface area contributed by atoms with Crippen molar-refractivity contribution in [2.24, 2.45) is 0 Å². The average Bonchev–Trinajstić information content (AvgIpc) is 3.16. The first-order chi connectivity index (χ1) is 10.9. The van der Waals surface area contributed by atoms with Crippen molar-refractivity contribution in [3.63, 3.8) is 0 Å². The van der Waals surface area contributed by atoms with Gasteiger partial charge in [-0.05, 0) is 17.7 Å². The number of thiazole rings is 1. The molecule has 0 bridgehead atoms. The molecule has 3 rings (SSSR count). The van der Waals surface area contributed by atoms with Gasteiger partial charge in [0.2, 0.25) is 0 Å². The fourth-order valence-corrected chi connectivity index (χ4v) is 2.62. The predicted octanol–water partition coefficient (Wildman–Crippen LogP) is 4.10. The van der Waals surface area contributed by atoms with Crippen molar-refractivity contribution >= 4 is 16.5 Å². The Hall–Kier alpha value is -2.42. The van der Waals surface area contributed by atoms with Crippen molar-refractivity contribution in [1.82, 2.24) is 14.5 Å². The molecule has 0 unspecified atom stereocenters. The molecular weight excluding hydrogens is 332 g/mol. The fraction of sp³-hybridized carbons (Fsp3) is 0.143. The third kappa shape index (κ3) is 3.50. The summed E-state index contributed by atoms with van der Waals surface area (Å²) >= 11 is 0.511. The first-order valence-corrected chi connectivity index (χ1v) is 7.29. The molecule has 1 aromatic carbocycles. The molecule has 0 amide bonds. The molecule has 2 heterocycles. The van der Waals surface area contributed by atoms with Gasteiger partial charge in [0.05, 0.1) is 18.2 Å². The van der Waals surface area contributed by atoms with E-state index in [-0.39, 0.29) is 11.7 Å². The van der Waals surface area contributed by atoms with E-state index >= 15 is 0 Å².